The van der Waals surface area contributed by atoms with Crippen molar-refractivity contribution in [1.82, 2.24) is 0 Å². The zero-order chi connectivity index (χ0) is 26.3. The van der Waals surface area contributed by atoms with Gasteiger partial charge in [0, 0.05) is 6.42 Å². The summed E-state index contributed by atoms with van der Waals surface area (Å²) in [5.74, 6) is -0.348. The lowest BCUT2D eigenvalue weighted by Gasteiger charge is -2.35. The van der Waals surface area contributed by atoms with Gasteiger partial charge in [0.15, 0.2) is 5.78 Å². The minimum atomic E-state index is -3.55. The standard InChI is InChI=1S/C30H62NO3P/c1-6-8-9-10-11-12-13-14-15-16-17-18-19-20-21-22-23-24-25-26-27-28-29-34-35(32,33)30(7-2)31(3,4)5/h15-16,30H,6-14,17-29H2,1-5H3/p+1/b16-15-. The molecule has 0 aliphatic heterocycles. The number of rotatable bonds is 26. The van der Waals surface area contributed by atoms with E-state index in [0.717, 1.165) is 12.8 Å². The van der Waals surface area contributed by atoms with Crippen LogP contribution >= 0.6 is 7.60 Å². The maximum absolute atomic E-state index is 12.5. The van der Waals surface area contributed by atoms with Crippen molar-refractivity contribution in [2.75, 3.05) is 27.7 Å². The Bertz CT molecular complexity index is 530. The minimum absolute atomic E-state index is 0.348. The van der Waals surface area contributed by atoms with Gasteiger partial charge in [-0.25, -0.2) is 0 Å². The Morgan fingerprint density at radius 2 is 1.03 bits per heavy atom. The van der Waals surface area contributed by atoms with Crippen LogP contribution in [0.2, 0.25) is 0 Å². The van der Waals surface area contributed by atoms with Gasteiger partial charge in [-0.3, -0.25) is 4.57 Å². The quantitative estimate of drug-likeness (QED) is 0.0538. The Kier molecular flexibility index (Phi) is 22.9. The van der Waals surface area contributed by atoms with Crippen molar-refractivity contribution in [3.63, 3.8) is 0 Å². The molecule has 4 nitrogen and oxygen atoms in total. The fourth-order valence-electron chi connectivity index (χ4n) is 4.91. The number of unbranched alkanes of at least 4 members (excludes halogenated alkanes) is 18. The van der Waals surface area contributed by atoms with Gasteiger partial charge in [-0.05, 0) is 32.1 Å². The molecule has 0 aromatic heterocycles. The molecule has 5 heteroatoms. The molecule has 0 aliphatic carbocycles. The second kappa shape index (κ2) is 23.0. The highest BCUT2D eigenvalue weighted by Crippen LogP contribution is 2.51. The molecule has 0 amide bonds. The van der Waals surface area contributed by atoms with Crippen molar-refractivity contribution in [2.24, 2.45) is 0 Å². The van der Waals surface area contributed by atoms with E-state index in [1.165, 1.54) is 116 Å². The summed E-state index contributed by atoms with van der Waals surface area (Å²) >= 11 is 0. The topological polar surface area (TPSA) is 46.5 Å². The van der Waals surface area contributed by atoms with E-state index >= 15 is 0 Å². The molecule has 0 heterocycles. The fourth-order valence-corrected chi connectivity index (χ4v) is 6.81. The van der Waals surface area contributed by atoms with Crippen LogP contribution < -0.4 is 0 Å². The predicted molar refractivity (Wildman–Crippen MR) is 155 cm³/mol. The van der Waals surface area contributed by atoms with E-state index in [9.17, 15) is 9.46 Å². The first-order chi connectivity index (χ1) is 16.8. The molecule has 0 aliphatic rings. The van der Waals surface area contributed by atoms with E-state index < -0.39 is 7.60 Å². The summed E-state index contributed by atoms with van der Waals surface area (Å²) in [7, 11) is 2.31. The molecular weight excluding hydrogens is 453 g/mol. The van der Waals surface area contributed by atoms with Crippen molar-refractivity contribution < 1.29 is 18.5 Å². The number of hydrogen-bond acceptors (Lipinski definition) is 2. The summed E-state index contributed by atoms with van der Waals surface area (Å²) < 4.78 is 18.4. The molecule has 2 unspecified atom stereocenters. The third-order valence-electron chi connectivity index (χ3n) is 7.07. The highest BCUT2D eigenvalue weighted by Gasteiger charge is 2.41. The van der Waals surface area contributed by atoms with Crippen LogP contribution in [0, 0.1) is 0 Å². The highest BCUT2D eigenvalue weighted by atomic mass is 31.2. The lowest BCUT2D eigenvalue weighted by Crippen LogP contribution is -2.44. The Morgan fingerprint density at radius 3 is 1.40 bits per heavy atom. The molecular formula is C30H63NO3P+. The zero-order valence-corrected chi connectivity index (χ0v) is 25.3. The van der Waals surface area contributed by atoms with Crippen molar-refractivity contribution in [2.45, 2.75) is 154 Å². The first kappa shape index (κ1) is 34.9. The molecule has 0 bridgehead atoms. The Balaban J connectivity index is 3.38. The van der Waals surface area contributed by atoms with Crippen LogP contribution in [0.3, 0.4) is 0 Å². The van der Waals surface area contributed by atoms with Crippen molar-refractivity contribution in [1.29, 1.82) is 0 Å². The predicted octanol–water partition coefficient (Wildman–Crippen LogP) is 10.0. The van der Waals surface area contributed by atoms with Gasteiger partial charge < -0.3 is 13.9 Å². The van der Waals surface area contributed by atoms with Gasteiger partial charge in [0.25, 0.3) is 0 Å². The number of nitrogens with zero attached hydrogens (tertiary/aromatic N) is 1. The van der Waals surface area contributed by atoms with Crippen LogP contribution in [-0.4, -0.2) is 42.9 Å². The van der Waals surface area contributed by atoms with Crippen molar-refractivity contribution in [3.05, 3.63) is 12.2 Å². The molecule has 0 aromatic rings. The second-order valence-corrected chi connectivity index (χ2v) is 13.4. The normalized spacial score (nSPS) is 15.0. The summed E-state index contributed by atoms with van der Waals surface area (Å²) in [5.41, 5.74) is 0. The Morgan fingerprint density at radius 1 is 0.657 bits per heavy atom. The molecule has 35 heavy (non-hydrogen) atoms. The maximum Gasteiger partial charge on any atom is 0.385 e. The molecule has 0 saturated heterocycles. The molecule has 0 spiro atoms. The third-order valence-corrected chi connectivity index (χ3v) is 9.43. The number of quaternary nitrogens is 1. The van der Waals surface area contributed by atoms with Gasteiger partial charge in [-0.15, -0.1) is 0 Å². The van der Waals surface area contributed by atoms with E-state index in [1.54, 1.807) is 0 Å². The van der Waals surface area contributed by atoms with E-state index in [0.29, 0.717) is 17.5 Å². The van der Waals surface area contributed by atoms with Crippen LogP contribution in [0.1, 0.15) is 149 Å². The summed E-state index contributed by atoms with van der Waals surface area (Å²) in [6.07, 6.45) is 31.8. The number of hydrogen-bond donors (Lipinski definition) is 1. The van der Waals surface area contributed by atoms with Crippen LogP contribution in [-0.2, 0) is 9.09 Å². The molecule has 0 rings (SSSR count). The molecule has 0 fully saturated rings. The zero-order valence-electron chi connectivity index (χ0n) is 24.4. The molecule has 0 aromatic carbocycles. The third kappa shape index (κ3) is 21.6. The minimum Gasteiger partial charge on any atom is -0.320 e. The van der Waals surface area contributed by atoms with E-state index in [4.69, 9.17) is 4.52 Å². The van der Waals surface area contributed by atoms with Gasteiger partial charge in [0.2, 0.25) is 0 Å². The fraction of sp³-hybridized carbons (Fsp3) is 0.933. The van der Waals surface area contributed by atoms with Crippen LogP contribution in [0.15, 0.2) is 12.2 Å². The van der Waals surface area contributed by atoms with Crippen LogP contribution in [0.5, 0.6) is 0 Å². The summed E-state index contributed by atoms with van der Waals surface area (Å²) in [6.45, 7) is 4.64. The van der Waals surface area contributed by atoms with Gasteiger partial charge in [-0.2, -0.15) is 0 Å². The molecule has 0 radical (unpaired) electrons. The molecule has 2 atom stereocenters. The first-order valence-electron chi connectivity index (χ1n) is 15.2. The Hall–Kier alpha value is -0.150. The lowest BCUT2D eigenvalue weighted by molar-refractivity contribution is -0.883. The second-order valence-electron chi connectivity index (χ2n) is 11.5. The first-order valence-corrected chi connectivity index (χ1v) is 16.8. The summed E-state index contributed by atoms with van der Waals surface area (Å²) in [4.78, 5) is 10.3. The average Bonchev–Trinajstić information content (AvgIpc) is 2.78. The summed E-state index contributed by atoms with van der Waals surface area (Å²) in [6, 6.07) is 0. The van der Waals surface area contributed by atoms with Gasteiger partial charge in [-0.1, -0.05) is 122 Å². The molecule has 210 valence electrons. The van der Waals surface area contributed by atoms with Crippen molar-refractivity contribution in [3.8, 4) is 0 Å². The smallest absolute Gasteiger partial charge is 0.320 e. The van der Waals surface area contributed by atoms with E-state index in [1.807, 2.05) is 28.1 Å². The highest BCUT2D eigenvalue weighted by molar-refractivity contribution is 7.53. The summed E-state index contributed by atoms with van der Waals surface area (Å²) in [5, 5.41) is 0. The maximum atomic E-state index is 12.5. The number of allylic oxidation sites excluding steroid dienone is 2. The van der Waals surface area contributed by atoms with Gasteiger partial charge in [0.05, 0.1) is 27.7 Å². The van der Waals surface area contributed by atoms with E-state index in [-0.39, 0.29) is 5.78 Å². The van der Waals surface area contributed by atoms with Gasteiger partial charge in [0.1, 0.15) is 0 Å². The van der Waals surface area contributed by atoms with Crippen LogP contribution in [0.4, 0.5) is 0 Å². The van der Waals surface area contributed by atoms with Crippen molar-refractivity contribution >= 4 is 7.60 Å². The Labute approximate surface area is 220 Å². The van der Waals surface area contributed by atoms with Crippen LogP contribution in [0.25, 0.3) is 0 Å². The largest absolute Gasteiger partial charge is 0.385 e. The SMILES string of the molecule is CCCCCCCCC/C=C\CCCCCCCCCCCCCOP(=O)(O)C(CC)[N+](C)(C)C. The lowest BCUT2D eigenvalue weighted by atomic mass is 10.0. The average molecular weight is 517 g/mol. The molecule has 1 N–H and O–H groups in total. The van der Waals surface area contributed by atoms with Gasteiger partial charge >= 0.3 is 7.60 Å². The molecule has 0 saturated carbocycles. The van der Waals surface area contributed by atoms with E-state index in [2.05, 4.69) is 19.1 Å². The monoisotopic (exact) mass is 516 g/mol.